The fourth-order valence-corrected chi connectivity index (χ4v) is 4.43. The molecule has 0 aliphatic carbocycles. The van der Waals surface area contributed by atoms with Gasteiger partial charge in [-0.1, -0.05) is 12.1 Å². The van der Waals surface area contributed by atoms with Gasteiger partial charge in [0.1, 0.15) is 5.82 Å². The molecule has 2 amide bonds. The second kappa shape index (κ2) is 9.92. The third kappa shape index (κ3) is 4.32. The van der Waals surface area contributed by atoms with Gasteiger partial charge in [-0.25, -0.2) is 4.98 Å². The molecule has 9 nitrogen and oxygen atoms in total. The van der Waals surface area contributed by atoms with Gasteiger partial charge in [0.05, 0.1) is 40.4 Å². The number of hydrogen-bond acceptors (Lipinski definition) is 7. The van der Waals surface area contributed by atoms with Crippen molar-refractivity contribution >= 4 is 17.6 Å². The largest absolute Gasteiger partial charge is 0.493 e. The number of ether oxygens (including phenoxy) is 4. The summed E-state index contributed by atoms with van der Waals surface area (Å²) >= 11 is 0. The summed E-state index contributed by atoms with van der Waals surface area (Å²) in [5, 5.41) is 2.89. The van der Waals surface area contributed by atoms with Gasteiger partial charge in [-0.05, 0) is 47.5 Å². The van der Waals surface area contributed by atoms with Gasteiger partial charge in [-0.3, -0.25) is 9.59 Å². The first kappa shape index (κ1) is 23.9. The molecule has 0 saturated heterocycles. The summed E-state index contributed by atoms with van der Waals surface area (Å²) in [6.07, 6.45) is 1.60. The fourth-order valence-electron chi connectivity index (χ4n) is 4.43. The average molecular weight is 478 g/mol. The molecule has 0 spiro atoms. The number of benzene rings is 2. The molecule has 1 N–H and O–H groups in total. The van der Waals surface area contributed by atoms with Gasteiger partial charge >= 0.3 is 0 Å². The number of carbonyl (C=O) groups is 2. The van der Waals surface area contributed by atoms with Gasteiger partial charge in [0.2, 0.25) is 5.91 Å². The Kier molecular flexibility index (Phi) is 6.77. The van der Waals surface area contributed by atoms with E-state index in [4.69, 9.17) is 18.9 Å². The number of methoxy groups -OCH3 is 4. The molecular formula is C26H27N3O6. The summed E-state index contributed by atoms with van der Waals surface area (Å²) in [5.41, 5.74) is 1.60. The number of nitrogens with zero attached hydrogens (tertiary/aromatic N) is 2. The van der Waals surface area contributed by atoms with E-state index in [9.17, 15) is 9.59 Å². The number of anilines is 1. The van der Waals surface area contributed by atoms with Crippen LogP contribution in [0.1, 0.15) is 33.4 Å². The molecule has 35 heavy (non-hydrogen) atoms. The number of amides is 2. The van der Waals surface area contributed by atoms with E-state index in [2.05, 4.69) is 10.3 Å². The third-order valence-electron chi connectivity index (χ3n) is 6.12. The van der Waals surface area contributed by atoms with Crippen LogP contribution in [0.2, 0.25) is 0 Å². The van der Waals surface area contributed by atoms with Gasteiger partial charge in [0.15, 0.2) is 23.0 Å². The van der Waals surface area contributed by atoms with Crippen LogP contribution in [-0.4, -0.2) is 57.2 Å². The van der Waals surface area contributed by atoms with E-state index in [1.54, 1.807) is 67.7 Å². The second-order valence-electron chi connectivity index (χ2n) is 7.95. The van der Waals surface area contributed by atoms with E-state index in [1.165, 1.54) is 21.3 Å². The van der Waals surface area contributed by atoms with Crippen molar-refractivity contribution in [3.05, 3.63) is 71.4 Å². The molecule has 2 heterocycles. The molecule has 182 valence electrons. The van der Waals surface area contributed by atoms with Gasteiger partial charge in [0, 0.05) is 18.8 Å². The molecular weight excluding hydrogens is 450 g/mol. The molecule has 0 unspecified atom stereocenters. The average Bonchev–Trinajstić information content (AvgIpc) is 2.89. The van der Waals surface area contributed by atoms with E-state index < -0.39 is 12.0 Å². The molecule has 1 aliphatic rings. The molecule has 2 aromatic carbocycles. The van der Waals surface area contributed by atoms with Crippen LogP contribution in [-0.2, 0) is 4.79 Å². The zero-order chi connectivity index (χ0) is 25.1. The van der Waals surface area contributed by atoms with Crippen LogP contribution in [0, 0.1) is 0 Å². The summed E-state index contributed by atoms with van der Waals surface area (Å²) in [7, 11) is 7.76. The maximum absolute atomic E-state index is 13.8. The SMILES string of the molecule is COc1ccc([C@@H]2[C@H](C(=O)Nc3ccccn3)c3cc(OC)c(OC)cc3C(=O)N2C)cc1OC. The van der Waals surface area contributed by atoms with Crippen LogP contribution in [0.4, 0.5) is 5.82 Å². The highest BCUT2D eigenvalue weighted by Gasteiger charge is 2.44. The highest BCUT2D eigenvalue weighted by Crippen LogP contribution is 2.47. The Balaban J connectivity index is 1.90. The van der Waals surface area contributed by atoms with E-state index >= 15 is 0 Å². The first-order chi connectivity index (χ1) is 16.9. The first-order valence-corrected chi connectivity index (χ1v) is 10.9. The number of pyridine rings is 1. The number of rotatable bonds is 7. The van der Waals surface area contributed by atoms with E-state index in [-0.39, 0.29) is 11.8 Å². The molecule has 4 rings (SSSR count). The summed E-state index contributed by atoms with van der Waals surface area (Å²) in [6, 6.07) is 13.3. The lowest BCUT2D eigenvalue weighted by atomic mass is 9.79. The van der Waals surface area contributed by atoms with E-state index in [0.29, 0.717) is 45.5 Å². The van der Waals surface area contributed by atoms with Gasteiger partial charge < -0.3 is 29.2 Å². The van der Waals surface area contributed by atoms with Crippen molar-refractivity contribution in [1.29, 1.82) is 0 Å². The van der Waals surface area contributed by atoms with Crippen LogP contribution < -0.4 is 24.3 Å². The fraction of sp³-hybridized carbons (Fsp3) is 0.269. The lowest BCUT2D eigenvalue weighted by Crippen LogP contribution is -2.44. The highest BCUT2D eigenvalue weighted by atomic mass is 16.5. The molecule has 0 saturated carbocycles. The number of likely N-dealkylation sites (N-methyl/N-ethyl adjacent to an activating group) is 1. The topological polar surface area (TPSA) is 99.2 Å². The number of hydrogen-bond donors (Lipinski definition) is 1. The van der Waals surface area contributed by atoms with Crippen molar-refractivity contribution < 1.29 is 28.5 Å². The van der Waals surface area contributed by atoms with Crippen molar-refractivity contribution in [2.75, 3.05) is 40.8 Å². The van der Waals surface area contributed by atoms with Crippen molar-refractivity contribution in [3.8, 4) is 23.0 Å². The van der Waals surface area contributed by atoms with Crippen LogP contribution in [0.3, 0.4) is 0 Å². The maximum Gasteiger partial charge on any atom is 0.254 e. The zero-order valence-electron chi connectivity index (χ0n) is 20.2. The van der Waals surface area contributed by atoms with Crippen molar-refractivity contribution in [1.82, 2.24) is 9.88 Å². The van der Waals surface area contributed by atoms with Gasteiger partial charge in [-0.2, -0.15) is 0 Å². The molecule has 0 radical (unpaired) electrons. The van der Waals surface area contributed by atoms with Gasteiger partial charge in [-0.15, -0.1) is 0 Å². The minimum atomic E-state index is -0.785. The Morgan fingerprint density at radius 2 is 1.54 bits per heavy atom. The van der Waals surface area contributed by atoms with Crippen LogP contribution in [0.5, 0.6) is 23.0 Å². The summed E-state index contributed by atoms with van der Waals surface area (Å²) < 4.78 is 21.7. The highest BCUT2D eigenvalue weighted by molar-refractivity contribution is 6.04. The van der Waals surface area contributed by atoms with Crippen LogP contribution >= 0.6 is 0 Å². The van der Waals surface area contributed by atoms with Gasteiger partial charge in [0.25, 0.3) is 5.91 Å². The van der Waals surface area contributed by atoms with Crippen molar-refractivity contribution in [2.24, 2.45) is 0 Å². The molecule has 1 aliphatic heterocycles. The second-order valence-corrected chi connectivity index (χ2v) is 7.95. The zero-order valence-corrected chi connectivity index (χ0v) is 20.2. The Labute approximate surface area is 203 Å². The van der Waals surface area contributed by atoms with Crippen LogP contribution in [0.25, 0.3) is 0 Å². The maximum atomic E-state index is 13.8. The predicted octanol–water partition coefficient (Wildman–Crippen LogP) is 3.67. The molecule has 9 heteroatoms. The monoisotopic (exact) mass is 477 g/mol. The lowest BCUT2D eigenvalue weighted by molar-refractivity contribution is -0.119. The summed E-state index contributed by atoms with van der Waals surface area (Å²) in [4.78, 5) is 33.1. The summed E-state index contributed by atoms with van der Waals surface area (Å²) in [5.74, 6) is 0.915. The third-order valence-corrected chi connectivity index (χ3v) is 6.12. The number of fused-ring (bicyclic) bond motifs is 1. The Hall–Kier alpha value is -4.27. The van der Waals surface area contributed by atoms with E-state index in [1.807, 2.05) is 6.07 Å². The lowest BCUT2D eigenvalue weighted by Gasteiger charge is -2.40. The van der Waals surface area contributed by atoms with Crippen LogP contribution in [0.15, 0.2) is 54.7 Å². The Morgan fingerprint density at radius 1 is 0.886 bits per heavy atom. The molecule has 2 atom stereocenters. The summed E-state index contributed by atoms with van der Waals surface area (Å²) in [6.45, 7) is 0. The van der Waals surface area contributed by atoms with E-state index in [0.717, 1.165) is 0 Å². The standard InChI is InChI=1S/C26H27N3O6/c1-29-24(15-9-10-18(32-2)19(12-15)33-3)23(25(30)28-22-8-6-7-11-27-22)16-13-20(34-4)21(35-5)14-17(16)26(29)31/h6-14,23-24H,1-5H3,(H,27,28,30)/t23-,24-/m1/s1. The van der Waals surface area contributed by atoms with Crippen molar-refractivity contribution in [3.63, 3.8) is 0 Å². The number of nitrogens with one attached hydrogen (secondary N) is 1. The quantitative estimate of drug-likeness (QED) is 0.554. The minimum Gasteiger partial charge on any atom is -0.493 e. The predicted molar refractivity (Wildman–Crippen MR) is 130 cm³/mol. The van der Waals surface area contributed by atoms with Crippen molar-refractivity contribution in [2.45, 2.75) is 12.0 Å². The molecule has 1 aromatic heterocycles. The first-order valence-electron chi connectivity index (χ1n) is 10.9. The number of carbonyl (C=O) groups excluding carboxylic acids is 2. The minimum absolute atomic E-state index is 0.248. The number of aromatic nitrogens is 1. The molecule has 0 bridgehead atoms. The molecule has 0 fully saturated rings. The normalized spacial score (nSPS) is 16.8. The molecule has 3 aromatic rings. The Bertz CT molecular complexity index is 1250. The Morgan fingerprint density at radius 3 is 2.17 bits per heavy atom. The smallest absolute Gasteiger partial charge is 0.254 e.